The third kappa shape index (κ3) is 67.3. The number of hydrogen-bond donors (Lipinski definition) is 1. The molecule has 0 amide bonds. The maximum Gasteiger partial charge on any atom is 0.306 e. The van der Waals surface area contributed by atoms with Crippen LogP contribution in [0.15, 0.2) is 97.2 Å². The van der Waals surface area contributed by atoms with Crippen LogP contribution in [0.1, 0.15) is 348 Å². The van der Waals surface area contributed by atoms with Crippen LogP contribution in [0.3, 0.4) is 0 Å². The van der Waals surface area contributed by atoms with Gasteiger partial charge in [0.15, 0.2) is 6.10 Å². The number of ether oxygens (including phenoxy) is 2. The SMILES string of the molecule is CC/C=C\C/C=C\C/C=C\C/C=C\C/C=C\C/C=C\C/C=C\C/C=C\CCCCCCCCCCCCC(=O)OC(CO)COC(=O)CCCCCCCCCCCCCCCCCCCCCCCCCCCCCCCCC. The zero-order valence-electron chi connectivity index (χ0n) is 53.1. The number of carbonyl (C=O) groups excluding carboxylic acids is 2. The summed E-state index contributed by atoms with van der Waals surface area (Å²) in [5, 5.41) is 9.70. The first-order valence-electron chi connectivity index (χ1n) is 34.8. The van der Waals surface area contributed by atoms with Crippen LogP contribution in [0.5, 0.6) is 0 Å². The van der Waals surface area contributed by atoms with E-state index < -0.39 is 6.10 Å². The third-order valence-corrected chi connectivity index (χ3v) is 15.4. The average Bonchev–Trinajstić information content (AvgIpc) is 3.46. The predicted molar refractivity (Wildman–Crippen MR) is 352 cm³/mol. The molecule has 80 heavy (non-hydrogen) atoms. The van der Waals surface area contributed by atoms with Gasteiger partial charge >= 0.3 is 11.9 Å². The highest BCUT2D eigenvalue weighted by molar-refractivity contribution is 5.70. The number of unbranched alkanes of at least 4 members (excludes halogenated alkanes) is 40. The second-order valence-electron chi connectivity index (χ2n) is 23.2. The Morgan fingerprint density at radius 1 is 0.300 bits per heavy atom. The summed E-state index contributed by atoms with van der Waals surface area (Å²) in [7, 11) is 0. The zero-order chi connectivity index (χ0) is 57.6. The third-order valence-electron chi connectivity index (χ3n) is 15.4. The molecule has 0 rings (SSSR count). The molecule has 0 saturated carbocycles. The van der Waals surface area contributed by atoms with Crippen molar-refractivity contribution in [1.29, 1.82) is 0 Å². The molecule has 0 aromatic heterocycles. The van der Waals surface area contributed by atoms with Crippen molar-refractivity contribution in [3.05, 3.63) is 97.2 Å². The summed E-state index contributed by atoms with van der Waals surface area (Å²) < 4.78 is 10.8. The highest BCUT2D eigenvalue weighted by Crippen LogP contribution is 2.18. The standard InChI is InChI=1S/C75H132O5/c1-3-5-7-9-11-13-15-17-19-21-23-25-27-29-31-33-35-36-37-38-40-42-44-46-48-50-52-54-56-58-60-62-64-66-68-70-75(78)80-73(71-76)72-79-74(77)69-67-65-63-61-59-57-55-53-51-49-47-45-43-41-39-34-32-30-28-26-24-22-20-18-16-14-12-10-8-6-4-2/h5,7,11,13,17,19,23,25,29,31,35-36,38,40,44,46,73,76H,3-4,6,8-10,12,14-16,18,20-22,24,26-28,30,32-34,37,39,41-43,45,47-72H2,1-2H3/b7-5-,13-11-,19-17-,25-23-,31-29-,36-35-,40-38-,46-44-. The topological polar surface area (TPSA) is 72.8 Å². The highest BCUT2D eigenvalue weighted by atomic mass is 16.6. The largest absolute Gasteiger partial charge is 0.462 e. The van der Waals surface area contributed by atoms with Gasteiger partial charge in [0.05, 0.1) is 6.61 Å². The van der Waals surface area contributed by atoms with Crippen LogP contribution in [-0.4, -0.2) is 36.4 Å². The second-order valence-corrected chi connectivity index (χ2v) is 23.2. The molecule has 1 N–H and O–H groups in total. The highest BCUT2D eigenvalue weighted by Gasteiger charge is 2.16. The molecule has 0 bridgehead atoms. The van der Waals surface area contributed by atoms with Gasteiger partial charge in [-0.05, 0) is 77.0 Å². The minimum atomic E-state index is -0.780. The van der Waals surface area contributed by atoms with Crippen molar-refractivity contribution in [2.45, 2.75) is 354 Å². The molecular formula is C75H132O5. The lowest BCUT2D eigenvalue weighted by Gasteiger charge is -2.15. The lowest BCUT2D eigenvalue weighted by Crippen LogP contribution is -2.28. The number of rotatable bonds is 64. The molecule has 1 unspecified atom stereocenters. The van der Waals surface area contributed by atoms with E-state index in [0.29, 0.717) is 12.8 Å². The molecule has 0 aliphatic rings. The van der Waals surface area contributed by atoms with E-state index in [4.69, 9.17) is 9.47 Å². The van der Waals surface area contributed by atoms with E-state index >= 15 is 0 Å². The Morgan fingerprint density at radius 2 is 0.537 bits per heavy atom. The van der Waals surface area contributed by atoms with Crippen LogP contribution in [-0.2, 0) is 19.1 Å². The Labute approximate surface area is 498 Å². The molecule has 0 spiro atoms. The smallest absolute Gasteiger partial charge is 0.306 e. The first-order valence-corrected chi connectivity index (χ1v) is 34.8. The van der Waals surface area contributed by atoms with E-state index in [2.05, 4.69) is 111 Å². The summed E-state index contributed by atoms with van der Waals surface area (Å²) in [6.07, 6.45) is 100. The summed E-state index contributed by atoms with van der Waals surface area (Å²) in [4.78, 5) is 24.7. The van der Waals surface area contributed by atoms with Gasteiger partial charge in [0.1, 0.15) is 6.61 Å². The van der Waals surface area contributed by atoms with E-state index in [1.807, 2.05) is 0 Å². The quantitative estimate of drug-likeness (QED) is 0.0373. The number of esters is 2. The van der Waals surface area contributed by atoms with Gasteiger partial charge in [-0.1, -0.05) is 355 Å². The van der Waals surface area contributed by atoms with Gasteiger partial charge in [0, 0.05) is 12.8 Å². The summed E-state index contributed by atoms with van der Waals surface area (Å²) >= 11 is 0. The first-order chi connectivity index (χ1) is 39.6. The number of aliphatic hydroxyl groups is 1. The van der Waals surface area contributed by atoms with Crippen molar-refractivity contribution in [1.82, 2.24) is 0 Å². The second kappa shape index (κ2) is 70.1. The lowest BCUT2D eigenvalue weighted by atomic mass is 10.0. The van der Waals surface area contributed by atoms with E-state index in [9.17, 15) is 14.7 Å². The Hall–Kier alpha value is -3.18. The Morgan fingerprint density at radius 3 is 0.812 bits per heavy atom. The maximum atomic E-state index is 12.4. The molecule has 0 aliphatic carbocycles. The van der Waals surface area contributed by atoms with Crippen LogP contribution in [0.4, 0.5) is 0 Å². The van der Waals surface area contributed by atoms with Crippen molar-refractivity contribution >= 4 is 11.9 Å². The molecule has 5 heteroatoms. The lowest BCUT2D eigenvalue weighted by molar-refractivity contribution is -0.161. The monoisotopic (exact) mass is 1110 g/mol. The van der Waals surface area contributed by atoms with Crippen LogP contribution in [0, 0.1) is 0 Å². The Kier molecular flexibility index (Phi) is 67.3. The average molecular weight is 1110 g/mol. The van der Waals surface area contributed by atoms with Gasteiger partial charge in [0.2, 0.25) is 0 Å². The fraction of sp³-hybridized carbons (Fsp3) is 0.760. The zero-order valence-corrected chi connectivity index (χ0v) is 53.1. The molecule has 0 aromatic rings. The van der Waals surface area contributed by atoms with E-state index in [-0.39, 0.29) is 25.2 Å². The van der Waals surface area contributed by atoms with Gasteiger partial charge < -0.3 is 14.6 Å². The molecule has 0 heterocycles. The summed E-state index contributed by atoms with van der Waals surface area (Å²) in [6, 6.07) is 0. The molecule has 0 aromatic carbocycles. The van der Waals surface area contributed by atoms with Crippen molar-refractivity contribution in [2.24, 2.45) is 0 Å². The number of carbonyl (C=O) groups is 2. The Bertz CT molecular complexity index is 1500. The van der Waals surface area contributed by atoms with E-state index in [0.717, 1.165) is 89.9 Å². The molecule has 0 fully saturated rings. The van der Waals surface area contributed by atoms with Gasteiger partial charge in [-0.25, -0.2) is 0 Å². The van der Waals surface area contributed by atoms with E-state index in [1.165, 1.54) is 231 Å². The van der Waals surface area contributed by atoms with Crippen molar-refractivity contribution in [2.75, 3.05) is 13.2 Å². The summed E-state index contributed by atoms with van der Waals surface area (Å²) in [5.74, 6) is -0.584. The molecule has 1 atom stereocenters. The maximum absolute atomic E-state index is 12.4. The first kappa shape index (κ1) is 76.8. The normalized spacial score (nSPS) is 12.8. The van der Waals surface area contributed by atoms with Crippen molar-refractivity contribution in [3.63, 3.8) is 0 Å². The van der Waals surface area contributed by atoms with Gasteiger partial charge in [-0.2, -0.15) is 0 Å². The molecule has 462 valence electrons. The summed E-state index contributed by atoms with van der Waals surface area (Å²) in [5.41, 5.74) is 0. The van der Waals surface area contributed by atoms with Gasteiger partial charge in [0.25, 0.3) is 0 Å². The molecule has 0 radical (unpaired) electrons. The van der Waals surface area contributed by atoms with E-state index in [1.54, 1.807) is 0 Å². The molecular weight excluding hydrogens is 981 g/mol. The fourth-order valence-corrected chi connectivity index (χ4v) is 10.2. The van der Waals surface area contributed by atoms with Gasteiger partial charge in [-0.15, -0.1) is 0 Å². The predicted octanol–water partition coefficient (Wildman–Crippen LogP) is 24.2. The van der Waals surface area contributed by atoms with Crippen LogP contribution >= 0.6 is 0 Å². The van der Waals surface area contributed by atoms with Gasteiger partial charge in [-0.3, -0.25) is 9.59 Å². The minimum Gasteiger partial charge on any atom is -0.462 e. The number of hydrogen-bond acceptors (Lipinski definition) is 5. The summed E-state index contributed by atoms with van der Waals surface area (Å²) in [6.45, 7) is 4.07. The molecule has 0 saturated heterocycles. The number of allylic oxidation sites excluding steroid dienone is 16. The van der Waals surface area contributed by atoms with Crippen LogP contribution < -0.4 is 0 Å². The van der Waals surface area contributed by atoms with Crippen LogP contribution in [0.2, 0.25) is 0 Å². The minimum absolute atomic E-state index is 0.0676. The van der Waals surface area contributed by atoms with Crippen LogP contribution in [0.25, 0.3) is 0 Å². The number of aliphatic hydroxyl groups excluding tert-OH is 1. The Balaban J connectivity index is 3.48. The van der Waals surface area contributed by atoms with Crippen molar-refractivity contribution in [3.8, 4) is 0 Å². The molecule has 0 aliphatic heterocycles. The van der Waals surface area contributed by atoms with Crippen molar-refractivity contribution < 1.29 is 24.2 Å². The molecule has 5 nitrogen and oxygen atoms in total. The fourth-order valence-electron chi connectivity index (χ4n) is 10.2.